The zero-order valence-corrected chi connectivity index (χ0v) is 15.7. The van der Waals surface area contributed by atoms with E-state index in [-0.39, 0.29) is 24.3 Å². The second-order valence-corrected chi connectivity index (χ2v) is 6.20. The molecule has 0 bridgehead atoms. The monoisotopic (exact) mass is 368 g/mol. The Labute approximate surface area is 154 Å². The van der Waals surface area contributed by atoms with Gasteiger partial charge in [0.15, 0.2) is 0 Å². The molecular weight excluding hydrogens is 340 g/mol. The van der Waals surface area contributed by atoms with Crippen molar-refractivity contribution in [1.82, 2.24) is 0 Å². The van der Waals surface area contributed by atoms with E-state index in [4.69, 9.17) is 19.3 Å². The molecule has 0 amide bonds. The summed E-state index contributed by atoms with van der Waals surface area (Å²) in [6, 6.07) is 0. The van der Waals surface area contributed by atoms with Gasteiger partial charge in [-0.1, -0.05) is 27.0 Å². The van der Waals surface area contributed by atoms with Crippen LogP contribution in [-0.4, -0.2) is 48.9 Å². The van der Waals surface area contributed by atoms with Crippen LogP contribution < -0.4 is 0 Å². The third-order valence-electron chi connectivity index (χ3n) is 3.01. The molecule has 0 aliphatic carbocycles. The van der Waals surface area contributed by atoms with E-state index in [0.29, 0.717) is 24.7 Å². The zero-order valence-electron chi connectivity index (χ0n) is 15.7. The molecule has 7 nitrogen and oxygen atoms in total. The summed E-state index contributed by atoms with van der Waals surface area (Å²) in [5.41, 5.74) is 0.473. The summed E-state index contributed by atoms with van der Waals surface area (Å²) in [5, 5.41) is 8.35. The predicted molar refractivity (Wildman–Crippen MR) is 96.5 cm³/mol. The van der Waals surface area contributed by atoms with Crippen molar-refractivity contribution in [2.45, 2.75) is 39.7 Å². The molecule has 1 atom stereocenters. The second kappa shape index (κ2) is 12.9. The Kier molecular flexibility index (Phi) is 11.7. The first kappa shape index (κ1) is 23.6. The fourth-order valence-electron chi connectivity index (χ4n) is 1.64. The van der Waals surface area contributed by atoms with Crippen LogP contribution in [-0.2, 0) is 28.6 Å². The van der Waals surface area contributed by atoms with Crippen molar-refractivity contribution in [3.63, 3.8) is 0 Å². The summed E-state index contributed by atoms with van der Waals surface area (Å²) in [6.07, 6.45) is 3.77. The molecule has 1 aliphatic heterocycles. The fraction of sp³-hybridized carbons (Fsp3) is 0.526. The normalized spacial score (nSPS) is 15.9. The van der Waals surface area contributed by atoms with Crippen molar-refractivity contribution in [3.8, 4) is 0 Å². The SMILES string of the molecule is C=C(C)C(=O)OCC(C)C.C=C(C=CC(=O)O)C(=O)OCC1CCCO1. The number of hydrogen-bond acceptors (Lipinski definition) is 6. The first-order chi connectivity index (χ1) is 12.1. The van der Waals surface area contributed by atoms with Gasteiger partial charge in [-0.05, 0) is 31.8 Å². The fourth-order valence-corrected chi connectivity index (χ4v) is 1.64. The number of carboxylic acids is 1. The minimum atomic E-state index is -1.13. The molecule has 1 saturated heterocycles. The number of esters is 2. The average molecular weight is 368 g/mol. The standard InChI is InChI=1S/C11H14O5.C8H14O2/c1-8(4-5-10(12)13)11(14)16-7-9-3-2-6-15-9;1-6(2)5-10-8(9)7(3)4/h4-5,9H,1-3,6-7H2,(H,12,13);6H,3,5H2,1-2,4H3. The van der Waals surface area contributed by atoms with Gasteiger partial charge in [0.2, 0.25) is 0 Å². The van der Waals surface area contributed by atoms with Gasteiger partial charge in [0.05, 0.1) is 18.3 Å². The van der Waals surface area contributed by atoms with Gasteiger partial charge in [-0.3, -0.25) is 0 Å². The van der Waals surface area contributed by atoms with E-state index in [0.717, 1.165) is 25.0 Å². The minimum absolute atomic E-state index is 0.0143. The number of carbonyl (C=O) groups is 3. The molecule has 0 spiro atoms. The maximum atomic E-state index is 11.3. The maximum Gasteiger partial charge on any atom is 0.337 e. The van der Waals surface area contributed by atoms with E-state index in [1.807, 2.05) is 13.8 Å². The van der Waals surface area contributed by atoms with Crippen LogP contribution in [0.3, 0.4) is 0 Å². The van der Waals surface area contributed by atoms with E-state index in [2.05, 4.69) is 13.2 Å². The van der Waals surface area contributed by atoms with Gasteiger partial charge in [-0.2, -0.15) is 0 Å². The summed E-state index contributed by atoms with van der Waals surface area (Å²) >= 11 is 0. The highest BCUT2D eigenvalue weighted by atomic mass is 16.6. The highest BCUT2D eigenvalue weighted by Crippen LogP contribution is 2.12. The van der Waals surface area contributed by atoms with Gasteiger partial charge in [-0.15, -0.1) is 0 Å². The molecule has 1 rings (SSSR count). The lowest BCUT2D eigenvalue weighted by atomic mass is 10.2. The van der Waals surface area contributed by atoms with E-state index in [1.54, 1.807) is 6.92 Å². The predicted octanol–water partition coefficient (Wildman–Crippen LogP) is 2.67. The molecule has 146 valence electrons. The lowest BCUT2D eigenvalue weighted by molar-refractivity contribution is -0.142. The highest BCUT2D eigenvalue weighted by molar-refractivity contribution is 5.93. The summed E-state index contributed by atoms with van der Waals surface area (Å²) in [7, 11) is 0. The Bertz CT molecular complexity index is 540. The Morgan fingerprint density at radius 2 is 1.85 bits per heavy atom. The van der Waals surface area contributed by atoms with Crippen molar-refractivity contribution in [2.24, 2.45) is 5.92 Å². The van der Waals surface area contributed by atoms with Crippen LogP contribution in [0.5, 0.6) is 0 Å². The number of carboxylic acid groups (broad SMARTS) is 1. The largest absolute Gasteiger partial charge is 0.478 e. The number of aliphatic carboxylic acids is 1. The summed E-state index contributed by atoms with van der Waals surface area (Å²) in [6.45, 7) is 13.9. The van der Waals surface area contributed by atoms with Crippen LogP contribution in [0.2, 0.25) is 0 Å². The van der Waals surface area contributed by atoms with Gasteiger partial charge >= 0.3 is 17.9 Å². The quantitative estimate of drug-likeness (QED) is 0.399. The Hall–Kier alpha value is -2.41. The van der Waals surface area contributed by atoms with Gasteiger partial charge in [0, 0.05) is 18.3 Å². The first-order valence-electron chi connectivity index (χ1n) is 8.34. The summed E-state index contributed by atoms with van der Waals surface area (Å²) in [5.74, 6) is -1.65. The Morgan fingerprint density at radius 3 is 2.31 bits per heavy atom. The molecule has 1 heterocycles. The van der Waals surface area contributed by atoms with Crippen molar-refractivity contribution >= 4 is 17.9 Å². The highest BCUT2D eigenvalue weighted by Gasteiger charge is 2.17. The van der Waals surface area contributed by atoms with Gasteiger partial charge in [0.1, 0.15) is 6.61 Å². The van der Waals surface area contributed by atoms with Crippen LogP contribution in [0.1, 0.15) is 33.6 Å². The lowest BCUT2D eigenvalue weighted by Gasteiger charge is -2.09. The van der Waals surface area contributed by atoms with Crippen LogP contribution in [0.4, 0.5) is 0 Å². The molecule has 7 heteroatoms. The molecular formula is C19H28O7. The third kappa shape index (κ3) is 12.0. The van der Waals surface area contributed by atoms with E-state index in [1.165, 1.54) is 0 Å². The molecule has 0 aromatic heterocycles. The van der Waals surface area contributed by atoms with E-state index in [9.17, 15) is 14.4 Å². The summed E-state index contributed by atoms with van der Waals surface area (Å²) < 4.78 is 15.0. The topological polar surface area (TPSA) is 99.1 Å². The molecule has 0 aromatic carbocycles. The van der Waals surface area contributed by atoms with E-state index >= 15 is 0 Å². The maximum absolute atomic E-state index is 11.3. The average Bonchev–Trinajstić information content (AvgIpc) is 3.09. The van der Waals surface area contributed by atoms with Crippen LogP contribution in [0.25, 0.3) is 0 Å². The molecule has 0 saturated carbocycles. The smallest absolute Gasteiger partial charge is 0.337 e. The second-order valence-electron chi connectivity index (χ2n) is 6.20. The first-order valence-corrected chi connectivity index (χ1v) is 8.34. The number of hydrogen-bond donors (Lipinski definition) is 1. The van der Waals surface area contributed by atoms with Crippen molar-refractivity contribution in [1.29, 1.82) is 0 Å². The van der Waals surface area contributed by atoms with Crippen molar-refractivity contribution in [3.05, 3.63) is 36.5 Å². The molecule has 26 heavy (non-hydrogen) atoms. The Morgan fingerprint density at radius 1 is 1.19 bits per heavy atom. The molecule has 1 N–H and O–H groups in total. The lowest BCUT2D eigenvalue weighted by Crippen LogP contribution is -2.18. The molecule has 0 aromatic rings. The van der Waals surface area contributed by atoms with Crippen molar-refractivity contribution in [2.75, 3.05) is 19.8 Å². The molecule has 1 unspecified atom stereocenters. The van der Waals surface area contributed by atoms with E-state index < -0.39 is 11.9 Å². The summed E-state index contributed by atoms with van der Waals surface area (Å²) in [4.78, 5) is 32.2. The van der Waals surface area contributed by atoms with Gasteiger partial charge < -0.3 is 19.3 Å². The molecule has 1 fully saturated rings. The molecule has 1 aliphatic rings. The zero-order chi connectivity index (χ0) is 20.1. The van der Waals surface area contributed by atoms with Crippen molar-refractivity contribution < 1.29 is 33.7 Å². The van der Waals surface area contributed by atoms with Crippen LogP contribution in [0, 0.1) is 5.92 Å². The minimum Gasteiger partial charge on any atom is -0.478 e. The third-order valence-corrected chi connectivity index (χ3v) is 3.01. The number of carbonyl (C=O) groups excluding carboxylic acids is 2. The molecule has 0 radical (unpaired) electrons. The number of ether oxygens (including phenoxy) is 3. The number of rotatable bonds is 8. The van der Waals surface area contributed by atoms with Gasteiger partial charge in [-0.25, -0.2) is 14.4 Å². The Balaban J connectivity index is 0.000000541. The van der Waals surface area contributed by atoms with Crippen LogP contribution >= 0.6 is 0 Å². The van der Waals surface area contributed by atoms with Gasteiger partial charge in [0.25, 0.3) is 0 Å². The van der Waals surface area contributed by atoms with Crippen LogP contribution in [0.15, 0.2) is 36.5 Å².